The highest BCUT2D eigenvalue weighted by molar-refractivity contribution is 7.98. The van der Waals surface area contributed by atoms with Gasteiger partial charge in [0.1, 0.15) is 0 Å². The normalized spacial score (nSPS) is 12.0. The molecular weight excluding hydrogens is 234 g/mol. The first-order valence-corrected chi connectivity index (χ1v) is 6.83. The zero-order chi connectivity index (χ0) is 12.8. The van der Waals surface area contributed by atoms with Gasteiger partial charge in [-0.05, 0) is 25.3 Å². The maximum atomic E-state index is 12.3. The Hall–Kier alpha value is -1.20. The molecule has 0 fully saturated rings. The van der Waals surface area contributed by atoms with Crippen LogP contribution >= 0.6 is 11.8 Å². The molecule has 4 nitrogen and oxygen atoms in total. The summed E-state index contributed by atoms with van der Waals surface area (Å²) in [5.74, 6) is 6.30. The quantitative estimate of drug-likeness (QED) is 0.620. The highest BCUT2D eigenvalue weighted by Gasteiger charge is 2.19. The molecule has 3 N–H and O–H groups in total. The number of benzene rings is 1. The molecule has 0 spiro atoms. The van der Waals surface area contributed by atoms with Crippen molar-refractivity contribution in [2.75, 3.05) is 24.5 Å². The Balaban J connectivity index is 2.88. The molecule has 1 aromatic rings. The Morgan fingerprint density at radius 2 is 2.18 bits per heavy atom. The summed E-state index contributed by atoms with van der Waals surface area (Å²) in [6, 6.07) is 7.45. The van der Waals surface area contributed by atoms with E-state index in [2.05, 4.69) is 5.43 Å². The molecule has 1 rings (SSSR count). The third-order valence-electron chi connectivity index (χ3n) is 2.70. The fraction of sp³-hybridized carbons (Fsp3) is 0.417. The third kappa shape index (κ3) is 3.38. The second kappa shape index (κ2) is 6.51. The van der Waals surface area contributed by atoms with E-state index in [4.69, 9.17) is 5.84 Å². The molecule has 1 unspecified atom stereocenters. The number of nitrogens with two attached hydrogens (primary N) is 1. The summed E-state index contributed by atoms with van der Waals surface area (Å²) in [6.45, 7) is 2.03. The number of nitrogen functional groups attached to an aromatic ring is 1. The molecule has 94 valence electrons. The van der Waals surface area contributed by atoms with Gasteiger partial charge in [0.15, 0.2) is 0 Å². The van der Waals surface area contributed by atoms with Gasteiger partial charge in [0.05, 0.1) is 11.3 Å². The molecule has 0 radical (unpaired) electrons. The first-order chi connectivity index (χ1) is 8.11. The molecule has 0 heterocycles. The molecule has 0 aliphatic heterocycles. The van der Waals surface area contributed by atoms with Crippen molar-refractivity contribution in [3.8, 4) is 0 Å². The van der Waals surface area contributed by atoms with Gasteiger partial charge in [0, 0.05) is 18.8 Å². The summed E-state index contributed by atoms with van der Waals surface area (Å²) in [6.07, 6.45) is 2.03. The van der Waals surface area contributed by atoms with Crippen molar-refractivity contribution in [3.63, 3.8) is 0 Å². The van der Waals surface area contributed by atoms with Crippen LogP contribution in [0.3, 0.4) is 0 Å². The van der Waals surface area contributed by atoms with Crippen LogP contribution in [0.4, 0.5) is 5.69 Å². The summed E-state index contributed by atoms with van der Waals surface area (Å²) < 4.78 is 0. The highest BCUT2D eigenvalue weighted by Crippen LogP contribution is 2.17. The number of amides is 1. The lowest BCUT2D eigenvalue weighted by atomic mass is 10.1. The van der Waals surface area contributed by atoms with Gasteiger partial charge in [-0.25, -0.2) is 0 Å². The topological polar surface area (TPSA) is 58.4 Å². The number of nitrogens with one attached hydrogen (secondary N) is 1. The fourth-order valence-electron chi connectivity index (χ4n) is 1.54. The molecule has 0 aliphatic carbocycles. The zero-order valence-electron chi connectivity index (χ0n) is 10.4. The molecule has 1 aromatic carbocycles. The van der Waals surface area contributed by atoms with Crippen LogP contribution in [-0.4, -0.2) is 35.9 Å². The van der Waals surface area contributed by atoms with Crippen molar-refractivity contribution >= 4 is 23.4 Å². The molecule has 17 heavy (non-hydrogen) atoms. The Labute approximate surface area is 107 Å². The minimum atomic E-state index is -0.0138. The number of hydrogen-bond donors (Lipinski definition) is 2. The largest absolute Gasteiger partial charge is 0.338 e. The number of nitrogens with zero attached hydrogens (tertiary/aromatic N) is 1. The van der Waals surface area contributed by atoms with Crippen molar-refractivity contribution in [3.05, 3.63) is 29.8 Å². The number of hydrogen-bond acceptors (Lipinski definition) is 4. The van der Waals surface area contributed by atoms with E-state index in [0.717, 1.165) is 5.75 Å². The van der Waals surface area contributed by atoms with Gasteiger partial charge in [0.2, 0.25) is 0 Å². The minimum Gasteiger partial charge on any atom is -0.338 e. The summed E-state index contributed by atoms with van der Waals surface area (Å²) in [7, 11) is 1.82. The number of hydrazine groups is 1. The van der Waals surface area contributed by atoms with Crippen molar-refractivity contribution in [2.24, 2.45) is 5.84 Å². The van der Waals surface area contributed by atoms with E-state index in [0.29, 0.717) is 11.3 Å². The average molecular weight is 253 g/mol. The number of carbonyl (C=O) groups excluding carboxylic acids is 1. The Kier molecular flexibility index (Phi) is 5.31. The maximum Gasteiger partial charge on any atom is 0.256 e. The lowest BCUT2D eigenvalue weighted by molar-refractivity contribution is 0.0758. The zero-order valence-corrected chi connectivity index (χ0v) is 11.3. The van der Waals surface area contributed by atoms with Gasteiger partial charge in [0.25, 0.3) is 5.91 Å². The van der Waals surface area contributed by atoms with Crippen LogP contribution in [0.15, 0.2) is 24.3 Å². The number of thioether (sulfide) groups is 1. The number of carbonyl (C=O) groups is 1. The van der Waals surface area contributed by atoms with E-state index < -0.39 is 0 Å². The van der Waals surface area contributed by atoms with E-state index >= 15 is 0 Å². The minimum absolute atomic E-state index is 0.0138. The van der Waals surface area contributed by atoms with Crippen LogP contribution < -0.4 is 11.3 Å². The Bertz CT molecular complexity index is 384. The molecule has 0 aliphatic rings. The molecule has 0 saturated carbocycles. The second-order valence-electron chi connectivity index (χ2n) is 3.91. The van der Waals surface area contributed by atoms with Crippen molar-refractivity contribution < 1.29 is 4.79 Å². The molecule has 0 aromatic heterocycles. The SMILES string of the molecule is CSCC(C)N(C)C(=O)c1ccccc1NN. The summed E-state index contributed by atoms with van der Waals surface area (Å²) >= 11 is 1.73. The lowest BCUT2D eigenvalue weighted by Gasteiger charge is -2.25. The molecule has 0 bridgehead atoms. The van der Waals surface area contributed by atoms with Gasteiger partial charge in [-0.1, -0.05) is 12.1 Å². The molecular formula is C12H19N3OS. The number of para-hydroxylation sites is 1. The van der Waals surface area contributed by atoms with Crippen LogP contribution in [0.25, 0.3) is 0 Å². The Morgan fingerprint density at radius 3 is 2.76 bits per heavy atom. The second-order valence-corrected chi connectivity index (χ2v) is 4.82. The maximum absolute atomic E-state index is 12.3. The van der Waals surface area contributed by atoms with Gasteiger partial charge < -0.3 is 10.3 Å². The van der Waals surface area contributed by atoms with E-state index in [-0.39, 0.29) is 11.9 Å². The fourth-order valence-corrected chi connectivity index (χ4v) is 2.24. The average Bonchev–Trinajstić information content (AvgIpc) is 2.37. The van der Waals surface area contributed by atoms with E-state index in [1.807, 2.05) is 32.4 Å². The van der Waals surface area contributed by atoms with Gasteiger partial charge in [-0.2, -0.15) is 11.8 Å². The van der Waals surface area contributed by atoms with Gasteiger partial charge in [-0.3, -0.25) is 10.6 Å². The van der Waals surface area contributed by atoms with Crippen LogP contribution in [0, 0.1) is 0 Å². The van der Waals surface area contributed by atoms with Crippen LogP contribution in [-0.2, 0) is 0 Å². The van der Waals surface area contributed by atoms with Gasteiger partial charge >= 0.3 is 0 Å². The number of anilines is 1. The molecule has 1 atom stereocenters. The summed E-state index contributed by atoms with van der Waals surface area (Å²) in [4.78, 5) is 14.0. The van der Waals surface area contributed by atoms with Crippen LogP contribution in [0.1, 0.15) is 17.3 Å². The van der Waals surface area contributed by atoms with E-state index in [1.54, 1.807) is 28.8 Å². The molecule has 5 heteroatoms. The monoisotopic (exact) mass is 253 g/mol. The van der Waals surface area contributed by atoms with E-state index in [9.17, 15) is 4.79 Å². The van der Waals surface area contributed by atoms with Crippen molar-refractivity contribution in [1.82, 2.24) is 4.90 Å². The smallest absolute Gasteiger partial charge is 0.256 e. The highest BCUT2D eigenvalue weighted by atomic mass is 32.2. The van der Waals surface area contributed by atoms with Crippen LogP contribution in [0.5, 0.6) is 0 Å². The summed E-state index contributed by atoms with van der Waals surface area (Å²) in [5.41, 5.74) is 3.81. The first-order valence-electron chi connectivity index (χ1n) is 5.43. The lowest BCUT2D eigenvalue weighted by Crippen LogP contribution is -2.37. The molecule has 1 amide bonds. The van der Waals surface area contributed by atoms with Crippen LogP contribution in [0.2, 0.25) is 0 Å². The Morgan fingerprint density at radius 1 is 1.53 bits per heavy atom. The van der Waals surface area contributed by atoms with E-state index in [1.165, 1.54) is 0 Å². The number of rotatable bonds is 5. The van der Waals surface area contributed by atoms with Crippen molar-refractivity contribution in [1.29, 1.82) is 0 Å². The third-order valence-corrected chi connectivity index (χ3v) is 3.52. The first kappa shape index (κ1) is 13.9. The molecule has 0 saturated heterocycles. The van der Waals surface area contributed by atoms with Gasteiger partial charge in [-0.15, -0.1) is 0 Å². The van der Waals surface area contributed by atoms with Crippen molar-refractivity contribution in [2.45, 2.75) is 13.0 Å². The standard InChI is InChI=1S/C12H19N3OS/c1-9(8-17-3)15(2)12(16)10-6-4-5-7-11(10)14-13/h4-7,9,14H,8,13H2,1-3H3. The predicted molar refractivity (Wildman–Crippen MR) is 74.2 cm³/mol. The predicted octanol–water partition coefficient (Wildman–Crippen LogP) is 1.80. The summed E-state index contributed by atoms with van der Waals surface area (Å²) in [5, 5.41) is 0.